The Morgan fingerprint density at radius 2 is 2.07 bits per heavy atom. The van der Waals surface area contributed by atoms with Gasteiger partial charge in [-0.3, -0.25) is 9.89 Å². The fourth-order valence-corrected chi connectivity index (χ4v) is 5.04. The van der Waals surface area contributed by atoms with Gasteiger partial charge in [-0.2, -0.15) is 0 Å². The Kier molecular flexibility index (Phi) is 7.96. The Hall–Kier alpha value is -0.900. The summed E-state index contributed by atoms with van der Waals surface area (Å²) in [5.41, 5.74) is 0. The van der Waals surface area contributed by atoms with E-state index in [0.717, 1.165) is 51.4 Å². The molecular weight excluding hydrogens is 378 g/mol. The van der Waals surface area contributed by atoms with Crippen LogP contribution >= 0.6 is 0 Å². The number of hydrogen-bond acceptors (Lipinski definition) is 5. The molecule has 2 aliphatic heterocycles. The Labute approximate surface area is 169 Å². The summed E-state index contributed by atoms with van der Waals surface area (Å²) in [7, 11) is -3.34. The van der Waals surface area contributed by atoms with Gasteiger partial charge < -0.3 is 15.4 Å². The monoisotopic (exact) mass is 415 g/mol. The van der Waals surface area contributed by atoms with Gasteiger partial charge in [0.2, 0.25) is 10.0 Å². The summed E-state index contributed by atoms with van der Waals surface area (Å²) in [6.45, 7) is 7.44. The molecule has 3 rings (SSSR count). The minimum Gasteiger partial charge on any atom is -0.377 e. The zero-order valence-corrected chi connectivity index (χ0v) is 18.1. The maximum Gasteiger partial charge on any atom is 0.213 e. The third-order valence-corrected chi connectivity index (χ3v) is 7.09. The minimum atomic E-state index is -3.34. The first-order valence-corrected chi connectivity index (χ1v) is 12.5. The Bertz CT molecular complexity index is 617. The van der Waals surface area contributed by atoms with Gasteiger partial charge in [-0.1, -0.05) is 0 Å². The largest absolute Gasteiger partial charge is 0.377 e. The van der Waals surface area contributed by atoms with Crippen LogP contribution in [-0.2, 0) is 14.8 Å². The van der Waals surface area contributed by atoms with Gasteiger partial charge in [-0.15, -0.1) is 0 Å². The van der Waals surface area contributed by atoms with Crippen molar-refractivity contribution in [3.63, 3.8) is 0 Å². The highest BCUT2D eigenvalue weighted by Gasteiger charge is 2.38. The van der Waals surface area contributed by atoms with E-state index in [0.29, 0.717) is 24.6 Å². The second-order valence-electron chi connectivity index (χ2n) is 8.27. The molecule has 1 aliphatic carbocycles. The zero-order chi connectivity index (χ0) is 20.0. The lowest BCUT2D eigenvalue weighted by Crippen LogP contribution is -2.45. The summed E-state index contributed by atoms with van der Waals surface area (Å²) in [5.74, 6) is 0.703. The molecule has 0 spiro atoms. The summed E-state index contributed by atoms with van der Waals surface area (Å²) >= 11 is 0. The van der Waals surface area contributed by atoms with Crippen molar-refractivity contribution in [1.29, 1.82) is 0 Å². The highest BCUT2D eigenvalue weighted by molar-refractivity contribution is 7.89. The quantitative estimate of drug-likeness (QED) is 0.378. The molecule has 162 valence electrons. The Morgan fingerprint density at radius 1 is 1.25 bits per heavy atom. The van der Waals surface area contributed by atoms with Crippen molar-refractivity contribution in [3.8, 4) is 0 Å². The number of guanidine groups is 1. The van der Waals surface area contributed by atoms with E-state index in [1.807, 2.05) is 6.92 Å². The molecule has 0 aromatic carbocycles. The summed E-state index contributed by atoms with van der Waals surface area (Å²) in [4.78, 5) is 7.08. The van der Waals surface area contributed by atoms with E-state index >= 15 is 0 Å². The van der Waals surface area contributed by atoms with Crippen LogP contribution in [0.5, 0.6) is 0 Å². The molecule has 3 unspecified atom stereocenters. The standard InChI is InChI=1S/C19H37N5O3S/c1-3-20-19(23-16-12-15(2)24(14-16)17-7-8-17)21-9-11-28(25,26)22-13-18-6-4-5-10-27-18/h15-18,22H,3-14H2,1-2H3,(H2,20,21,23). The van der Waals surface area contributed by atoms with Gasteiger partial charge in [0, 0.05) is 44.4 Å². The predicted molar refractivity (Wildman–Crippen MR) is 112 cm³/mol. The van der Waals surface area contributed by atoms with Crippen LogP contribution < -0.4 is 15.4 Å². The topological polar surface area (TPSA) is 95.1 Å². The van der Waals surface area contributed by atoms with Crippen LogP contribution in [0.3, 0.4) is 0 Å². The molecule has 3 aliphatic rings. The number of sulfonamides is 1. The number of rotatable bonds is 9. The number of nitrogens with zero attached hydrogens (tertiary/aromatic N) is 2. The highest BCUT2D eigenvalue weighted by Crippen LogP contribution is 2.33. The maximum absolute atomic E-state index is 12.2. The molecule has 3 N–H and O–H groups in total. The molecule has 0 aromatic heterocycles. The minimum absolute atomic E-state index is 0.00443. The van der Waals surface area contributed by atoms with E-state index in [1.54, 1.807) is 0 Å². The first kappa shape index (κ1) is 21.8. The van der Waals surface area contributed by atoms with Crippen molar-refractivity contribution in [3.05, 3.63) is 0 Å². The normalized spacial score (nSPS) is 29.8. The van der Waals surface area contributed by atoms with E-state index in [4.69, 9.17) is 4.74 Å². The Balaban J connectivity index is 1.43. The fourth-order valence-electron chi connectivity index (χ4n) is 4.13. The summed E-state index contributed by atoms with van der Waals surface area (Å²) < 4.78 is 32.7. The molecule has 9 heteroatoms. The van der Waals surface area contributed by atoms with Gasteiger partial charge in [0.05, 0.1) is 18.4 Å². The van der Waals surface area contributed by atoms with Crippen LogP contribution in [0.25, 0.3) is 0 Å². The molecule has 0 amide bonds. The molecule has 28 heavy (non-hydrogen) atoms. The van der Waals surface area contributed by atoms with Gasteiger partial charge in [0.15, 0.2) is 5.96 Å². The van der Waals surface area contributed by atoms with Crippen LogP contribution in [0, 0.1) is 0 Å². The lowest BCUT2D eigenvalue weighted by atomic mass is 10.1. The van der Waals surface area contributed by atoms with E-state index in [1.165, 1.54) is 12.8 Å². The summed E-state index contributed by atoms with van der Waals surface area (Å²) in [6, 6.07) is 1.73. The first-order valence-electron chi connectivity index (χ1n) is 10.9. The van der Waals surface area contributed by atoms with Crippen molar-refractivity contribution < 1.29 is 13.2 Å². The SMILES string of the molecule is CCNC(=NCCS(=O)(=O)NCC1CCCCO1)NC1CC(C)N(C2CC2)C1. The third kappa shape index (κ3) is 6.86. The molecule has 3 atom stereocenters. The van der Waals surface area contributed by atoms with Crippen molar-refractivity contribution in [1.82, 2.24) is 20.3 Å². The van der Waals surface area contributed by atoms with Crippen LogP contribution in [0.15, 0.2) is 4.99 Å². The molecular formula is C19H37N5O3S. The predicted octanol–water partition coefficient (Wildman–Crippen LogP) is 0.655. The highest BCUT2D eigenvalue weighted by atomic mass is 32.2. The lowest BCUT2D eigenvalue weighted by molar-refractivity contribution is 0.0200. The van der Waals surface area contributed by atoms with Gasteiger partial charge >= 0.3 is 0 Å². The molecule has 3 fully saturated rings. The number of nitrogens with one attached hydrogen (secondary N) is 3. The van der Waals surface area contributed by atoms with Crippen molar-refractivity contribution in [2.24, 2.45) is 4.99 Å². The molecule has 2 heterocycles. The maximum atomic E-state index is 12.2. The van der Waals surface area contributed by atoms with Gasteiger partial charge in [-0.25, -0.2) is 13.1 Å². The third-order valence-electron chi connectivity index (χ3n) is 5.76. The summed E-state index contributed by atoms with van der Waals surface area (Å²) in [6.07, 6.45) is 6.84. The molecule has 0 radical (unpaired) electrons. The second-order valence-corrected chi connectivity index (χ2v) is 10.2. The number of aliphatic imine (C=N–C) groups is 1. The van der Waals surface area contributed by atoms with Crippen LogP contribution in [-0.4, -0.2) is 82.0 Å². The van der Waals surface area contributed by atoms with Crippen molar-refractivity contribution >= 4 is 16.0 Å². The molecule has 1 saturated carbocycles. The van der Waals surface area contributed by atoms with E-state index in [-0.39, 0.29) is 18.4 Å². The van der Waals surface area contributed by atoms with Gasteiger partial charge in [0.25, 0.3) is 0 Å². The number of ether oxygens (including phenoxy) is 1. The van der Waals surface area contributed by atoms with Crippen LogP contribution in [0.2, 0.25) is 0 Å². The first-order chi connectivity index (χ1) is 13.5. The van der Waals surface area contributed by atoms with Gasteiger partial charge in [0.1, 0.15) is 0 Å². The molecule has 0 aromatic rings. The summed E-state index contributed by atoms with van der Waals surface area (Å²) in [5, 5.41) is 6.73. The van der Waals surface area contributed by atoms with E-state index < -0.39 is 10.0 Å². The van der Waals surface area contributed by atoms with E-state index in [9.17, 15) is 8.42 Å². The average molecular weight is 416 g/mol. The number of likely N-dealkylation sites (tertiary alicyclic amines) is 1. The lowest BCUT2D eigenvalue weighted by Gasteiger charge is -2.22. The van der Waals surface area contributed by atoms with Gasteiger partial charge in [-0.05, 0) is 52.4 Å². The van der Waals surface area contributed by atoms with Crippen molar-refractivity contribution in [2.75, 3.05) is 38.5 Å². The second kappa shape index (κ2) is 10.2. The Morgan fingerprint density at radius 3 is 2.75 bits per heavy atom. The fraction of sp³-hybridized carbons (Fsp3) is 0.947. The molecule has 0 bridgehead atoms. The number of hydrogen-bond donors (Lipinski definition) is 3. The molecule has 8 nitrogen and oxygen atoms in total. The van der Waals surface area contributed by atoms with E-state index in [2.05, 4.69) is 32.2 Å². The average Bonchev–Trinajstić information content (AvgIpc) is 3.44. The van der Waals surface area contributed by atoms with Crippen molar-refractivity contribution in [2.45, 2.75) is 76.6 Å². The van der Waals surface area contributed by atoms with Crippen LogP contribution in [0.4, 0.5) is 0 Å². The smallest absolute Gasteiger partial charge is 0.213 e. The zero-order valence-electron chi connectivity index (χ0n) is 17.3. The molecule has 2 saturated heterocycles. The van der Waals surface area contributed by atoms with Crippen LogP contribution in [0.1, 0.15) is 52.4 Å².